The Morgan fingerprint density at radius 1 is 0.974 bits per heavy atom. The molecule has 9 nitrogen and oxygen atoms in total. The van der Waals surface area contributed by atoms with Crippen LogP contribution in [0.25, 0.3) is 10.8 Å². The first-order chi connectivity index (χ1) is 17.7. The average molecular weight is 542 g/mol. The number of Topliss-reactive ketones (excluding diaryl/α,β-unsaturated/α-hetero) is 1. The summed E-state index contributed by atoms with van der Waals surface area (Å²) >= 11 is 0. The van der Waals surface area contributed by atoms with E-state index in [4.69, 9.17) is 9.47 Å². The summed E-state index contributed by atoms with van der Waals surface area (Å²) < 4.78 is 37.8. The van der Waals surface area contributed by atoms with Crippen LogP contribution < -0.4 is 19.5 Å². The highest BCUT2D eigenvalue weighted by atomic mass is 32.2. The number of ketones is 1. The van der Waals surface area contributed by atoms with Crippen LogP contribution in [0.2, 0.25) is 0 Å². The number of benzene rings is 3. The first-order valence-corrected chi connectivity index (χ1v) is 14.0. The van der Waals surface area contributed by atoms with Crippen molar-refractivity contribution in [2.75, 3.05) is 50.7 Å². The molecule has 0 atom stereocenters. The molecule has 0 bridgehead atoms. The minimum Gasteiger partial charge on any atom is -0.492 e. The highest BCUT2D eigenvalue weighted by Gasteiger charge is 2.25. The number of carbonyl (C=O) groups is 2. The zero-order valence-corrected chi connectivity index (χ0v) is 23.7. The van der Waals surface area contributed by atoms with E-state index < -0.39 is 21.7 Å². The molecule has 0 heterocycles. The van der Waals surface area contributed by atoms with Gasteiger partial charge in [0.05, 0.1) is 24.7 Å². The average Bonchev–Trinajstić information content (AvgIpc) is 2.81. The fourth-order valence-corrected chi connectivity index (χ4v) is 4.44. The van der Waals surface area contributed by atoms with Gasteiger partial charge >= 0.3 is 0 Å². The molecule has 0 saturated carbocycles. The monoisotopic (exact) mass is 541 g/mol. The zero-order valence-electron chi connectivity index (χ0n) is 22.8. The molecule has 204 valence electrons. The van der Waals surface area contributed by atoms with E-state index >= 15 is 0 Å². The number of methoxy groups -OCH3 is 1. The summed E-state index contributed by atoms with van der Waals surface area (Å²) in [6, 6.07) is 13.8. The Morgan fingerprint density at radius 3 is 2.18 bits per heavy atom. The van der Waals surface area contributed by atoms with Gasteiger partial charge < -0.3 is 19.7 Å². The van der Waals surface area contributed by atoms with Gasteiger partial charge in [-0.25, -0.2) is 8.42 Å². The van der Waals surface area contributed by atoms with Crippen molar-refractivity contribution in [2.24, 2.45) is 0 Å². The molecule has 0 aromatic heterocycles. The quantitative estimate of drug-likeness (QED) is 0.291. The Bertz CT molecular complexity index is 1460. The number of ether oxygens (including phenoxy) is 2. The summed E-state index contributed by atoms with van der Waals surface area (Å²) in [5.74, 6) is -0.914. The van der Waals surface area contributed by atoms with E-state index in [1.165, 1.54) is 7.11 Å². The predicted octanol–water partition coefficient (Wildman–Crippen LogP) is 4.28. The third-order valence-electron chi connectivity index (χ3n) is 5.83. The standard InChI is InChI=1S/C28H35N3O6S/c1-28(2,3)18-16-22(26(36-6)23(17-18)30-38(7,34)35)29-27(33)25(32)21-12-13-24(37-15-14-31(4)5)20-11-9-8-10-19(20)21/h8-13,16-17,30H,14-15H2,1-7H3,(H,29,33). The molecule has 0 spiro atoms. The number of nitrogens with one attached hydrogen (secondary N) is 2. The van der Waals surface area contributed by atoms with Crippen LogP contribution in [-0.2, 0) is 20.2 Å². The van der Waals surface area contributed by atoms with Gasteiger partial charge in [-0.05, 0) is 54.7 Å². The van der Waals surface area contributed by atoms with Crippen molar-refractivity contribution in [1.29, 1.82) is 0 Å². The van der Waals surface area contributed by atoms with Gasteiger partial charge in [-0.15, -0.1) is 0 Å². The summed E-state index contributed by atoms with van der Waals surface area (Å²) in [5, 5.41) is 3.95. The van der Waals surface area contributed by atoms with E-state index in [0.29, 0.717) is 17.7 Å². The summed E-state index contributed by atoms with van der Waals surface area (Å²) in [6.45, 7) is 7.04. The highest BCUT2D eigenvalue weighted by Crippen LogP contribution is 2.39. The molecular formula is C28H35N3O6S. The van der Waals surface area contributed by atoms with Crippen LogP contribution in [0.5, 0.6) is 11.5 Å². The van der Waals surface area contributed by atoms with Gasteiger partial charge in [-0.2, -0.15) is 0 Å². The minimum absolute atomic E-state index is 0.0964. The number of sulfonamides is 1. The molecule has 2 N–H and O–H groups in total. The number of carbonyl (C=O) groups excluding carboxylic acids is 2. The first kappa shape index (κ1) is 28.9. The minimum atomic E-state index is -3.64. The Morgan fingerprint density at radius 2 is 1.61 bits per heavy atom. The lowest BCUT2D eigenvalue weighted by atomic mass is 9.86. The normalized spacial score (nSPS) is 11.9. The Balaban J connectivity index is 2.00. The topological polar surface area (TPSA) is 114 Å². The molecule has 0 radical (unpaired) electrons. The van der Waals surface area contributed by atoms with Crippen LogP contribution in [0.3, 0.4) is 0 Å². The van der Waals surface area contributed by atoms with Gasteiger partial charge in [0.2, 0.25) is 10.0 Å². The maximum absolute atomic E-state index is 13.4. The Labute approximate surface area is 224 Å². The van der Waals surface area contributed by atoms with Crippen molar-refractivity contribution in [2.45, 2.75) is 26.2 Å². The van der Waals surface area contributed by atoms with Crippen molar-refractivity contribution in [3.05, 3.63) is 59.7 Å². The molecule has 3 aromatic carbocycles. The van der Waals surface area contributed by atoms with Gasteiger partial charge in [-0.3, -0.25) is 14.3 Å². The van der Waals surface area contributed by atoms with Crippen molar-refractivity contribution in [3.63, 3.8) is 0 Å². The number of hydrogen-bond acceptors (Lipinski definition) is 7. The van der Waals surface area contributed by atoms with Crippen LogP contribution in [0.1, 0.15) is 36.7 Å². The maximum atomic E-state index is 13.4. The molecule has 0 aliphatic rings. The van der Waals surface area contributed by atoms with Gasteiger partial charge in [0.1, 0.15) is 12.4 Å². The van der Waals surface area contributed by atoms with Crippen molar-refractivity contribution < 1.29 is 27.5 Å². The maximum Gasteiger partial charge on any atom is 0.296 e. The van der Waals surface area contributed by atoms with Crippen molar-refractivity contribution in [3.8, 4) is 11.5 Å². The van der Waals surface area contributed by atoms with E-state index in [9.17, 15) is 18.0 Å². The molecule has 3 rings (SSSR count). The molecule has 0 fully saturated rings. The number of anilines is 2. The lowest BCUT2D eigenvalue weighted by Crippen LogP contribution is -2.24. The van der Waals surface area contributed by atoms with Crippen molar-refractivity contribution >= 4 is 43.9 Å². The van der Waals surface area contributed by atoms with E-state index in [0.717, 1.165) is 23.8 Å². The third-order valence-corrected chi connectivity index (χ3v) is 6.42. The molecule has 0 unspecified atom stereocenters. The smallest absolute Gasteiger partial charge is 0.296 e. The molecule has 0 aliphatic carbocycles. The number of fused-ring (bicyclic) bond motifs is 1. The third kappa shape index (κ3) is 7.02. The second kappa shape index (κ2) is 11.4. The zero-order chi connectivity index (χ0) is 28.3. The molecule has 3 aromatic rings. The molecule has 10 heteroatoms. The number of rotatable bonds is 10. The van der Waals surface area contributed by atoms with E-state index in [1.54, 1.807) is 36.4 Å². The van der Waals surface area contributed by atoms with Crippen LogP contribution in [0.15, 0.2) is 48.5 Å². The SMILES string of the molecule is COc1c(NC(=O)C(=O)c2ccc(OCCN(C)C)c3ccccc23)cc(C(C)(C)C)cc1NS(C)(=O)=O. The Hall–Kier alpha value is -3.63. The first-order valence-electron chi connectivity index (χ1n) is 12.1. The fraction of sp³-hybridized carbons (Fsp3) is 0.357. The number of hydrogen-bond donors (Lipinski definition) is 2. The second-order valence-electron chi connectivity index (χ2n) is 10.3. The summed E-state index contributed by atoms with van der Waals surface area (Å²) in [7, 11) is 1.63. The van der Waals surface area contributed by atoms with E-state index in [-0.39, 0.29) is 28.1 Å². The Kier molecular flexibility index (Phi) is 8.68. The summed E-state index contributed by atoms with van der Waals surface area (Å²) in [6.07, 6.45) is 1.02. The molecule has 0 aliphatic heterocycles. The largest absolute Gasteiger partial charge is 0.492 e. The second-order valence-corrected chi connectivity index (χ2v) is 12.1. The molecule has 38 heavy (non-hydrogen) atoms. The number of likely N-dealkylation sites (N-methyl/N-ethyl adjacent to an activating group) is 1. The molecular weight excluding hydrogens is 506 g/mol. The van der Waals surface area contributed by atoms with Crippen LogP contribution in [0, 0.1) is 0 Å². The lowest BCUT2D eigenvalue weighted by Gasteiger charge is -2.23. The number of amides is 1. The van der Waals surface area contributed by atoms with Crippen LogP contribution >= 0.6 is 0 Å². The van der Waals surface area contributed by atoms with Gasteiger partial charge in [-0.1, -0.05) is 45.0 Å². The van der Waals surface area contributed by atoms with Crippen LogP contribution in [-0.4, -0.2) is 65.6 Å². The van der Waals surface area contributed by atoms with Gasteiger partial charge in [0.25, 0.3) is 11.7 Å². The summed E-state index contributed by atoms with van der Waals surface area (Å²) in [5.41, 5.74) is 0.907. The van der Waals surface area contributed by atoms with Gasteiger partial charge in [0, 0.05) is 17.5 Å². The fourth-order valence-electron chi connectivity index (χ4n) is 3.89. The molecule has 0 saturated heterocycles. The summed E-state index contributed by atoms with van der Waals surface area (Å²) in [4.78, 5) is 28.6. The molecule has 1 amide bonds. The van der Waals surface area contributed by atoms with E-state index in [1.807, 2.05) is 51.9 Å². The number of nitrogens with zero attached hydrogens (tertiary/aromatic N) is 1. The van der Waals surface area contributed by atoms with Crippen LogP contribution in [0.4, 0.5) is 11.4 Å². The van der Waals surface area contributed by atoms with E-state index in [2.05, 4.69) is 10.0 Å². The highest BCUT2D eigenvalue weighted by molar-refractivity contribution is 7.92. The van der Waals surface area contributed by atoms with Crippen molar-refractivity contribution in [1.82, 2.24) is 4.90 Å². The lowest BCUT2D eigenvalue weighted by molar-refractivity contribution is -0.112. The predicted molar refractivity (Wildman–Crippen MR) is 151 cm³/mol. The van der Waals surface area contributed by atoms with Gasteiger partial charge in [0.15, 0.2) is 5.75 Å².